The van der Waals surface area contributed by atoms with E-state index in [9.17, 15) is 4.39 Å². The van der Waals surface area contributed by atoms with Gasteiger partial charge in [0, 0.05) is 12.2 Å². The van der Waals surface area contributed by atoms with E-state index < -0.39 is 37.0 Å². The third-order valence-corrected chi connectivity index (χ3v) is 0.636. The molecule has 0 saturated carbocycles. The van der Waals surface area contributed by atoms with Crippen LogP contribution < -0.4 is 4.74 Å². The van der Waals surface area contributed by atoms with Gasteiger partial charge in [-0.2, -0.15) is 0 Å². The standard InChI is InChI=1S/C6H6FNO/c1-9-6-4-5(7)2-3-8-6/h2-4H,1H3/i1D3,2D,3D,4D. The van der Waals surface area contributed by atoms with Gasteiger partial charge in [-0.25, -0.2) is 9.37 Å². The number of aromatic nitrogens is 1. The van der Waals surface area contributed by atoms with E-state index in [2.05, 4.69) is 9.72 Å². The Balaban J connectivity index is 3.21. The average molecular weight is 133 g/mol. The number of hydrogen-bond acceptors (Lipinski definition) is 2. The molecule has 0 amide bonds. The molecule has 1 rings (SSSR count). The highest BCUT2D eigenvalue weighted by molar-refractivity contribution is 5.10. The summed E-state index contributed by atoms with van der Waals surface area (Å²) < 4.78 is 58.5. The molecule has 0 aliphatic heterocycles. The summed E-state index contributed by atoms with van der Waals surface area (Å²) in [6, 6.07) is -1.80. The van der Waals surface area contributed by atoms with E-state index in [1.165, 1.54) is 0 Å². The molecule has 0 radical (unpaired) electrons. The number of halogens is 1. The molecule has 1 aromatic heterocycles. The Morgan fingerprint density at radius 3 is 3.67 bits per heavy atom. The van der Waals surface area contributed by atoms with Gasteiger partial charge in [0.05, 0.1) is 15.3 Å². The highest BCUT2D eigenvalue weighted by Crippen LogP contribution is 2.05. The summed E-state index contributed by atoms with van der Waals surface area (Å²) in [6.45, 7) is 0. The van der Waals surface area contributed by atoms with Gasteiger partial charge in [-0.1, -0.05) is 0 Å². The Hall–Kier alpha value is -1.12. The Labute approximate surface area is 60.7 Å². The van der Waals surface area contributed by atoms with Gasteiger partial charge in [-0.05, 0) is 6.04 Å². The van der Waals surface area contributed by atoms with Gasteiger partial charge in [-0.3, -0.25) is 0 Å². The molecule has 9 heavy (non-hydrogen) atoms. The highest BCUT2D eigenvalue weighted by atomic mass is 19.1. The zero-order chi connectivity index (χ0) is 11.8. The average Bonchev–Trinajstić information content (AvgIpc) is 2.08. The van der Waals surface area contributed by atoms with Crippen LogP contribution in [-0.4, -0.2) is 12.0 Å². The minimum Gasteiger partial charge on any atom is -0.481 e. The molecule has 0 atom stereocenters. The van der Waals surface area contributed by atoms with Gasteiger partial charge in [0.25, 0.3) is 0 Å². The molecular weight excluding hydrogens is 121 g/mol. The maximum absolute atomic E-state index is 13.0. The zero-order valence-electron chi connectivity index (χ0n) is 10.2. The Bertz CT molecular complexity index is 392. The molecule has 1 aromatic rings. The maximum Gasteiger partial charge on any atom is 0.215 e. The van der Waals surface area contributed by atoms with Gasteiger partial charge in [-0.15, -0.1) is 0 Å². The second-order valence-electron chi connectivity index (χ2n) is 1.19. The molecule has 0 spiro atoms. The minimum atomic E-state index is -2.87. The lowest BCUT2D eigenvalue weighted by atomic mass is 10.5. The van der Waals surface area contributed by atoms with Crippen molar-refractivity contribution < 1.29 is 17.4 Å². The predicted molar refractivity (Wildman–Crippen MR) is 30.7 cm³/mol. The summed E-state index contributed by atoms with van der Waals surface area (Å²) in [5.41, 5.74) is 0. The van der Waals surface area contributed by atoms with Crippen molar-refractivity contribution in [2.45, 2.75) is 0 Å². The molecule has 0 N–H and O–H groups in total. The van der Waals surface area contributed by atoms with Crippen LogP contribution in [0.3, 0.4) is 0 Å². The molecule has 0 fully saturated rings. The van der Waals surface area contributed by atoms with Crippen LogP contribution in [0, 0.1) is 5.82 Å². The molecule has 48 valence electrons. The second-order valence-corrected chi connectivity index (χ2v) is 1.19. The Morgan fingerprint density at radius 1 is 2.00 bits per heavy atom. The third kappa shape index (κ3) is 1.38. The van der Waals surface area contributed by atoms with E-state index >= 15 is 0 Å². The normalized spacial score (nSPS) is 20.1. The molecule has 2 nitrogen and oxygen atoms in total. The van der Waals surface area contributed by atoms with Crippen LogP contribution >= 0.6 is 0 Å². The van der Waals surface area contributed by atoms with Crippen LogP contribution in [-0.2, 0) is 0 Å². The number of hydrogen-bond donors (Lipinski definition) is 0. The van der Waals surface area contributed by atoms with Crippen molar-refractivity contribution in [3.63, 3.8) is 0 Å². The van der Waals surface area contributed by atoms with Crippen molar-refractivity contribution >= 4 is 0 Å². The van der Waals surface area contributed by atoms with E-state index in [1.807, 2.05) is 0 Å². The van der Waals surface area contributed by atoms with Crippen molar-refractivity contribution in [2.24, 2.45) is 0 Å². The van der Waals surface area contributed by atoms with E-state index in [4.69, 9.17) is 8.22 Å². The van der Waals surface area contributed by atoms with Gasteiger partial charge in [0.2, 0.25) is 5.88 Å². The molecule has 0 aliphatic rings. The first-order valence-corrected chi connectivity index (χ1v) is 2.04. The summed E-state index contributed by atoms with van der Waals surface area (Å²) in [4.78, 5) is 3.19. The molecule has 0 unspecified atom stereocenters. The summed E-state index contributed by atoms with van der Waals surface area (Å²) >= 11 is 0. The summed E-state index contributed by atoms with van der Waals surface area (Å²) in [5, 5.41) is 0. The Kier molecular flexibility index (Phi) is 0.524. The van der Waals surface area contributed by atoms with Gasteiger partial charge in [0.1, 0.15) is 5.82 Å². The number of methoxy groups -OCH3 is 1. The van der Waals surface area contributed by atoms with Gasteiger partial charge in [0.15, 0.2) is 0 Å². The van der Waals surface area contributed by atoms with Crippen LogP contribution in [0.2, 0.25) is 0 Å². The minimum absolute atomic E-state index is 0.775. The monoisotopic (exact) mass is 133 g/mol. The van der Waals surface area contributed by atoms with Gasteiger partial charge < -0.3 is 4.74 Å². The second kappa shape index (κ2) is 2.44. The van der Waals surface area contributed by atoms with Crippen molar-refractivity contribution in [3.8, 4) is 5.88 Å². The third-order valence-electron chi connectivity index (χ3n) is 0.636. The summed E-state index contributed by atoms with van der Waals surface area (Å²) in [6.07, 6.45) is -0.775. The van der Waals surface area contributed by atoms with Gasteiger partial charge >= 0.3 is 0 Å². The number of pyridine rings is 1. The number of rotatable bonds is 1. The molecule has 0 bridgehead atoms. The molecule has 0 aliphatic carbocycles. The van der Waals surface area contributed by atoms with Crippen LogP contribution in [0.15, 0.2) is 18.3 Å². The molecule has 3 heteroatoms. The quantitative estimate of drug-likeness (QED) is 0.574. The van der Waals surface area contributed by atoms with Crippen molar-refractivity contribution in [3.05, 3.63) is 24.1 Å². The van der Waals surface area contributed by atoms with Crippen LogP contribution in [0.1, 0.15) is 8.22 Å². The largest absolute Gasteiger partial charge is 0.481 e. The van der Waals surface area contributed by atoms with Crippen molar-refractivity contribution in [1.29, 1.82) is 0 Å². The fourth-order valence-corrected chi connectivity index (χ4v) is 0.329. The fraction of sp³-hybridized carbons (Fsp3) is 0.167. The SMILES string of the molecule is [2H]c1nc(OC([2H])([2H])[2H])c([2H])c(F)c1[2H]. The topological polar surface area (TPSA) is 22.1 Å². The van der Waals surface area contributed by atoms with E-state index in [1.54, 1.807) is 0 Å². The first kappa shape index (κ1) is 1.94. The van der Waals surface area contributed by atoms with Crippen LogP contribution in [0.5, 0.6) is 5.88 Å². The molecular formula is C6H6FNO. The van der Waals surface area contributed by atoms with Crippen molar-refractivity contribution in [2.75, 3.05) is 7.04 Å². The molecule has 0 saturated heterocycles. The lowest BCUT2D eigenvalue weighted by Crippen LogP contribution is -1.86. The van der Waals surface area contributed by atoms with Crippen molar-refractivity contribution in [1.82, 2.24) is 4.98 Å². The number of ether oxygens (including phenoxy) is 1. The van der Waals surface area contributed by atoms with Crippen LogP contribution in [0.4, 0.5) is 4.39 Å². The fourth-order valence-electron chi connectivity index (χ4n) is 0.329. The van der Waals surface area contributed by atoms with E-state index in [-0.39, 0.29) is 0 Å². The molecule has 1 heterocycles. The maximum atomic E-state index is 13.0. The smallest absolute Gasteiger partial charge is 0.215 e. The summed E-state index contributed by atoms with van der Waals surface area (Å²) in [7, 11) is -2.87. The first-order valence-electron chi connectivity index (χ1n) is 5.04. The van der Waals surface area contributed by atoms with E-state index in [0.717, 1.165) is 0 Å². The summed E-state index contributed by atoms with van der Waals surface area (Å²) in [5.74, 6) is -2.14. The predicted octanol–water partition coefficient (Wildman–Crippen LogP) is 1.23. The zero-order valence-corrected chi connectivity index (χ0v) is 4.23. The highest BCUT2D eigenvalue weighted by Gasteiger charge is 1.91. The Morgan fingerprint density at radius 2 is 2.89 bits per heavy atom. The lowest BCUT2D eigenvalue weighted by Gasteiger charge is -1.94. The van der Waals surface area contributed by atoms with Crippen LogP contribution in [0.25, 0.3) is 0 Å². The lowest BCUT2D eigenvalue weighted by molar-refractivity contribution is 0.394. The number of nitrogens with zero attached hydrogens (tertiary/aromatic N) is 1. The first-order chi connectivity index (χ1) is 6.72. The molecule has 0 aromatic carbocycles. The van der Waals surface area contributed by atoms with E-state index in [0.29, 0.717) is 0 Å².